The van der Waals surface area contributed by atoms with Gasteiger partial charge in [-0.15, -0.1) is 0 Å². The van der Waals surface area contributed by atoms with Gasteiger partial charge in [0, 0.05) is 19.0 Å². The van der Waals surface area contributed by atoms with Crippen molar-refractivity contribution in [2.75, 3.05) is 21.3 Å². The molecule has 0 saturated carbocycles. The van der Waals surface area contributed by atoms with Crippen molar-refractivity contribution in [1.82, 2.24) is 20.0 Å². The van der Waals surface area contributed by atoms with E-state index in [1.165, 1.54) is 28.7 Å². The monoisotopic (exact) mass is 496 g/mol. The third-order valence-electron chi connectivity index (χ3n) is 5.64. The highest BCUT2D eigenvalue weighted by Gasteiger charge is 2.48. The van der Waals surface area contributed by atoms with Gasteiger partial charge in [0.05, 0.1) is 26.3 Å². The van der Waals surface area contributed by atoms with Crippen molar-refractivity contribution in [3.63, 3.8) is 0 Å². The molecule has 10 nitrogen and oxygen atoms in total. The lowest BCUT2D eigenvalue weighted by molar-refractivity contribution is -0.119. The molecule has 0 bridgehead atoms. The molecule has 5 amide bonds. The molecule has 2 heterocycles. The number of urea groups is 2. The maximum Gasteiger partial charge on any atom is 0.337 e. The Morgan fingerprint density at radius 1 is 0.971 bits per heavy atom. The molecule has 35 heavy (non-hydrogen) atoms. The van der Waals surface area contributed by atoms with E-state index in [-0.39, 0.29) is 18.8 Å². The second-order valence-electron chi connectivity index (χ2n) is 7.82. The number of hydrogen-bond donors (Lipinski definition) is 1. The fourth-order valence-electron chi connectivity index (χ4n) is 3.68. The summed E-state index contributed by atoms with van der Waals surface area (Å²) in [6, 6.07) is 12.6. The van der Waals surface area contributed by atoms with Crippen LogP contribution in [-0.2, 0) is 22.6 Å². The van der Waals surface area contributed by atoms with Crippen LogP contribution in [0.3, 0.4) is 0 Å². The molecule has 1 fully saturated rings. The molecule has 1 atom stereocenters. The fraction of sp³-hybridized carbons (Fsp3) is 0.250. The van der Waals surface area contributed by atoms with Gasteiger partial charge in [0.2, 0.25) is 0 Å². The first-order valence-corrected chi connectivity index (χ1v) is 11.6. The third kappa shape index (κ3) is 4.80. The Balaban J connectivity index is 1.46. The Morgan fingerprint density at radius 2 is 1.63 bits per heavy atom. The van der Waals surface area contributed by atoms with E-state index in [9.17, 15) is 19.2 Å². The highest BCUT2D eigenvalue weighted by Crippen LogP contribution is 2.37. The zero-order chi connectivity index (χ0) is 25.1. The van der Waals surface area contributed by atoms with Crippen molar-refractivity contribution in [3.05, 3.63) is 76.3 Å². The number of carbonyl (C=O) groups excluding carboxylic acids is 4. The normalized spacial score (nSPS) is 17.2. The number of nitrogens with zero attached hydrogens (tertiary/aromatic N) is 3. The van der Waals surface area contributed by atoms with Crippen LogP contribution in [0.4, 0.5) is 9.59 Å². The summed E-state index contributed by atoms with van der Waals surface area (Å²) in [7, 11) is 4.45. The number of benzene rings is 2. The van der Waals surface area contributed by atoms with E-state index >= 15 is 0 Å². The van der Waals surface area contributed by atoms with Gasteiger partial charge in [-0.2, -0.15) is 0 Å². The Kier molecular flexibility index (Phi) is 6.97. The molecule has 0 radical (unpaired) electrons. The molecule has 182 valence electrons. The number of imide groups is 1. The summed E-state index contributed by atoms with van der Waals surface area (Å²) >= 11 is 1.21. The maximum atomic E-state index is 13.3. The minimum absolute atomic E-state index is 0.0158. The highest BCUT2D eigenvalue weighted by atomic mass is 32.2. The Bertz CT molecular complexity index is 1180. The first kappa shape index (κ1) is 24.1. The molecule has 2 aromatic rings. The van der Waals surface area contributed by atoms with Crippen LogP contribution in [-0.4, -0.2) is 65.4 Å². The highest BCUT2D eigenvalue weighted by molar-refractivity contribution is 8.03. The smallest absolute Gasteiger partial charge is 0.337 e. The number of thioether (sulfide) groups is 1. The van der Waals surface area contributed by atoms with E-state index in [1.807, 2.05) is 12.1 Å². The zero-order valence-corrected chi connectivity index (χ0v) is 20.2. The summed E-state index contributed by atoms with van der Waals surface area (Å²) in [5, 5.41) is 4.41. The van der Waals surface area contributed by atoms with Crippen molar-refractivity contribution >= 4 is 35.7 Å². The summed E-state index contributed by atoms with van der Waals surface area (Å²) in [4.78, 5) is 54.7. The second kappa shape index (κ2) is 10.1. The summed E-state index contributed by atoms with van der Waals surface area (Å²) in [5.41, 5.74) is 1.40. The van der Waals surface area contributed by atoms with Gasteiger partial charge in [0.25, 0.3) is 5.91 Å². The molecule has 4 rings (SSSR count). The molecule has 11 heteroatoms. The van der Waals surface area contributed by atoms with Crippen molar-refractivity contribution < 1.29 is 28.7 Å². The first-order valence-electron chi connectivity index (χ1n) is 10.7. The van der Waals surface area contributed by atoms with Gasteiger partial charge in [-0.25, -0.2) is 19.3 Å². The second-order valence-corrected chi connectivity index (χ2v) is 8.75. The van der Waals surface area contributed by atoms with Gasteiger partial charge in [0.15, 0.2) is 5.50 Å². The number of methoxy groups -OCH3 is 2. The Hall–Kier alpha value is -3.99. The van der Waals surface area contributed by atoms with Crippen LogP contribution in [0, 0.1) is 0 Å². The molecule has 1 N–H and O–H groups in total. The van der Waals surface area contributed by atoms with Gasteiger partial charge in [-0.1, -0.05) is 36.0 Å². The predicted octanol–water partition coefficient (Wildman–Crippen LogP) is 2.96. The average Bonchev–Trinajstić information content (AvgIpc) is 3.34. The minimum Gasteiger partial charge on any atom is -0.497 e. The van der Waals surface area contributed by atoms with E-state index in [0.717, 1.165) is 10.5 Å². The van der Waals surface area contributed by atoms with Gasteiger partial charge in [-0.3, -0.25) is 14.6 Å². The van der Waals surface area contributed by atoms with Crippen molar-refractivity contribution in [3.8, 4) is 5.75 Å². The molecule has 0 aromatic heterocycles. The lowest BCUT2D eigenvalue weighted by atomic mass is 10.1. The van der Waals surface area contributed by atoms with Crippen LogP contribution in [0.2, 0.25) is 0 Å². The Morgan fingerprint density at radius 3 is 2.26 bits per heavy atom. The molecule has 2 aliphatic rings. The largest absolute Gasteiger partial charge is 0.497 e. The van der Waals surface area contributed by atoms with Crippen LogP contribution in [0.1, 0.15) is 21.5 Å². The lowest BCUT2D eigenvalue weighted by Gasteiger charge is -2.42. The van der Waals surface area contributed by atoms with Crippen molar-refractivity contribution in [1.29, 1.82) is 0 Å². The molecule has 0 spiro atoms. The molecule has 1 saturated heterocycles. The summed E-state index contributed by atoms with van der Waals surface area (Å²) < 4.78 is 9.83. The number of fused-ring (bicyclic) bond motifs is 1. The number of carbonyl (C=O) groups is 4. The van der Waals surface area contributed by atoms with Crippen LogP contribution >= 0.6 is 11.8 Å². The number of rotatable bonds is 7. The first-order chi connectivity index (χ1) is 16.8. The molecule has 0 aliphatic carbocycles. The van der Waals surface area contributed by atoms with Crippen LogP contribution in [0.5, 0.6) is 5.75 Å². The molecule has 1 unspecified atom stereocenters. The fourth-order valence-corrected chi connectivity index (χ4v) is 4.75. The standard InChI is InChI=1S/C24H24N4O6S/c1-26-22(31)27(13-16-4-8-17(9-5-16)21(30)34-3)23(32)28-19(14-35-24(26)28)20(29)25-12-15-6-10-18(33-2)11-7-15/h4-11,14,24H,12-13H2,1-3H3,(H,25,29). The number of nitrogens with one attached hydrogen (secondary N) is 1. The lowest BCUT2D eigenvalue weighted by Crippen LogP contribution is -2.62. The Labute approximate surface area is 206 Å². The number of ether oxygens (including phenoxy) is 2. The maximum absolute atomic E-state index is 13.3. The topological polar surface area (TPSA) is 108 Å². The van der Waals surface area contributed by atoms with Gasteiger partial charge in [0.1, 0.15) is 11.4 Å². The van der Waals surface area contributed by atoms with Crippen LogP contribution in [0.25, 0.3) is 0 Å². The minimum atomic E-state index is -0.644. The summed E-state index contributed by atoms with van der Waals surface area (Å²) in [6.07, 6.45) is 0. The third-order valence-corrected chi connectivity index (χ3v) is 6.77. The van der Waals surface area contributed by atoms with E-state index in [2.05, 4.69) is 5.32 Å². The molecule has 2 aromatic carbocycles. The average molecular weight is 497 g/mol. The van der Waals surface area contributed by atoms with E-state index in [4.69, 9.17) is 9.47 Å². The van der Waals surface area contributed by atoms with Gasteiger partial charge in [-0.05, 0) is 35.4 Å². The summed E-state index contributed by atoms with van der Waals surface area (Å²) in [6.45, 7) is 0.251. The van der Waals surface area contributed by atoms with Crippen molar-refractivity contribution in [2.24, 2.45) is 0 Å². The number of hydrogen-bond acceptors (Lipinski definition) is 7. The van der Waals surface area contributed by atoms with Crippen LogP contribution in [0.15, 0.2) is 59.6 Å². The van der Waals surface area contributed by atoms with Crippen molar-refractivity contribution in [2.45, 2.75) is 18.6 Å². The molecule has 2 aliphatic heterocycles. The zero-order valence-electron chi connectivity index (χ0n) is 19.4. The number of amides is 5. The van der Waals surface area contributed by atoms with E-state index in [0.29, 0.717) is 16.9 Å². The molecular formula is C24H24N4O6S. The van der Waals surface area contributed by atoms with E-state index in [1.54, 1.807) is 56.0 Å². The number of esters is 1. The van der Waals surface area contributed by atoms with E-state index < -0.39 is 29.4 Å². The molecular weight excluding hydrogens is 472 g/mol. The quantitative estimate of drug-likeness (QED) is 0.587. The van der Waals surface area contributed by atoms with Gasteiger partial charge < -0.3 is 14.8 Å². The summed E-state index contributed by atoms with van der Waals surface area (Å²) in [5.74, 6) is -0.187. The van der Waals surface area contributed by atoms with Gasteiger partial charge >= 0.3 is 18.0 Å². The SMILES string of the molecule is COC(=O)c1ccc(CN2C(=O)N(C)C3SC=C(C(=O)NCc4ccc(OC)cc4)N3C2=O)cc1. The predicted molar refractivity (Wildman–Crippen MR) is 128 cm³/mol. The van der Waals surface area contributed by atoms with Crippen LogP contribution < -0.4 is 10.1 Å².